The number of nitrogens with one attached hydrogen (secondary N) is 1. The van der Waals surface area contributed by atoms with Crippen molar-refractivity contribution in [3.8, 4) is 5.69 Å². The van der Waals surface area contributed by atoms with Gasteiger partial charge in [0.15, 0.2) is 0 Å². The van der Waals surface area contributed by atoms with Crippen LogP contribution in [-0.2, 0) is 4.79 Å². The molecule has 0 spiro atoms. The standard InChI is InChI=1S/C17H13BrN4O/c18-14-6-2-1-5-12(14)13-8-15(23)21-17-16(13)20-10-22(17)11-4-3-7-19-9-11/h1-7,9-10,13H,8H2,(H,21,23)/t13-/m0/s1. The number of carbonyl (C=O) groups excluding carboxylic acids is 1. The summed E-state index contributed by atoms with van der Waals surface area (Å²) < 4.78 is 2.85. The molecule has 0 bridgehead atoms. The summed E-state index contributed by atoms with van der Waals surface area (Å²) in [5, 5.41) is 2.94. The van der Waals surface area contributed by atoms with E-state index in [0.717, 1.165) is 27.2 Å². The number of pyridine rings is 1. The van der Waals surface area contributed by atoms with E-state index in [-0.39, 0.29) is 11.8 Å². The molecule has 3 aromatic rings. The molecule has 0 radical (unpaired) electrons. The Morgan fingerprint density at radius 3 is 2.87 bits per heavy atom. The molecule has 1 amide bonds. The third kappa shape index (κ3) is 2.45. The Balaban J connectivity index is 1.85. The summed E-state index contributed by atoms with van der Waals surface area (Å²) in [6.07, 6.45) is 5.59. The van der Waals surface area contributed by atoms with E-state index in [2.05, 4.69) is 31.2 Å². The van der Waals surface area contributed by atoms with E-state index in [4.69, 9.17) is 0 Å². The highest BCUT2D eigenvalue weighted by Gasteiger charge is 2.31. The van der Waals surface area contributed by atoms with E-state index in [1.54, 1.807) is 18.7 Å². The van der Waals surface area contributed by atoms with Crippen molar-refractivity contribution in [1.29, 1.82) is 0 Å². The summed E-state index contributed by atoms with van der Waals surface area (Å²) >= 11 is 3.58. The molecule has 6 heteroatoms. The molecular weight excluding hydrogens is 356 g/mol. The maximum atomic E-state index is 12.2. The lowest BCUT2D eigenvalue weighted by atomic mass is 9.90. The summed E-state index contributed by atoms with van der Waals surface area (Å²) in [6, 6.07) is 11.7. The van der Waals surface area contributed by atoms with Gasteiger partial charge in [0.1, 0.15) is 12.1 Å². The maximum Gasteiger partial charge on any atom is 0.226 e. The molecule has 1 N–H and O–H groups in total. The molecule has 2 aromatic heterocycles. The minimum absolute atomic E-state index is 0.0103. The minimum atomic E-state index is -0.0627. The highest BCUT2D eigenvalue weighted by atomic mass is 79.9. The Kier molecular flexibility index (Phi) is 3.46. The van der Waals surface area contributed by atoms with Gasteiger partial charge in [0.25, 0.3) is 0 Å². The number of hydrogen-bond acceptors (Lipinski definition) is 3. The second-order valence-electron chi connectivity index (χ2n) is 5.39. The minimum Gasteiger partial charge on any atom is -0.310 e. The van der Waals surface area contributed by atoms with Crippen molar-refractivity contribution in [3.63, 3.8) is 0 Å². The fourth-order valence-electron chi connectivity index (χ4n) is 2.91. The van der Waals surface area contributed by atoms with Crippen molar-refractivity contribution in [2.24, 2.45) is 0 Å². The Bertz CT molecular complexity index is 875. The van der Waals surface area contributed by atoms with Gasteiger partial charge in [-0.1, -0.05) is 34.1 Å². The Morgan fingerprint density at radius 1 is 1.22 bits per heavy atom. The third-order valence-corrected chi connectivity index (χ3v) is 4.70. The summed E-state index contributed by atoms with van der Waals surface area (Å²) in [7, 11) is 0. The van der Waals surface area contributed by atoms with Gasteiger partial charge < -0.3 is 5.32 Å². The highest BCUT2D eigenvalue weighted by molar-refractivity contribution is 9.10. The van der Waals surface area contributed by atoms with Crippen LogP contribution in [-0.4, -0.2) is 20.4 Å². The lowest BCUT2D eigenvalue weighted by molar-refractivity contribution is -0.116. The summed E-state index contributed by atoms with van der Waals surface area (Å²) in [5.41, 5.74) is 2.81. The molecule has 0 saturated carbocycles. The average molecular weight is 369 g/mol. The van der Waals surface area contributed by atoms with Crippen LogP contribution < -0.4 is 5.32 Å². The van der Waals surface area contributed by atoms with E-state index >= 15 is 0 Å². The van der Waals surface area contributed by atoms with Crippen LogP contribution >= 0.6 is 15.9 Å². The van der Waals surface area contributed by atoms with Gasteiger partial charge in [-0.25, -0.2) is 4.98 Å². The Morgan fingerprint density at radius 2 is 2.09 bits per heavy atom. The highest BCUT2D eigenvalue weighted by Crippen LogP contribution is 2.39. The molecule has 4 rings (SSSR count). The zero-order valence-corrected chi connectivity index (χ0v) is 13.7. The number of hydrogen-bond donors (Lipinski definition) is 1. The molecule has 23 heavy (non-hydrogen) atoms. The Hall–Kier alpha value is -2.47. The zero-order chi connectivity index (χ0) is 15.8. The van der Waals surface area contributed by atoms with Crippen LogP contribution in [0.5, 0.6) is 0 Å². The fourth-order valence-corrected chi connectivity index (χ4v) is 3.47. The smallest absolute Gasteiger partial charge is 0.226 e. The van der Waals surface area contributed by atoms with Crippen molar-refractivity contribution in [2.75, 3.05) is 5.32 Å². The zero-order valence-electron chi connectivity index (χ0n) is 12.1. The van der Waals surface area contributed by atoms with E-state index in [1.807, 2.05) is 41.0 Å². The Labute approximate surface area is 141 Å². The first-order valence-corrected chi connectivity index (χ1v) is 8.05. The molecule has 5 nitrogen and oxygen atoms in total. The lowest BCUT2D eigenvalue weighted by Gasteiger charge is -2.24. The first-order chi connectivity index (χ1) is 11.2. The van der Waals surface area contributed by atoms with Crippen LogP contribution in [0.1, 0.15) is 23.6 Å². The number of anilines is 1. The maximum absolute atomic E-state index is 12.2. The summed E-state index contributed by atoms with van der Waals surface area (Å²) in [6.45, 7) is 0. The number of imidazole rings is 1. The molecule has 1 aliphatic heterocycles. The first-order valence-electron chi connectivity index (χ1n) is 7.26. The second kappa shape index (κ2) is 5.62. The van der Waals surface area contributed by atoms with Crippen LogP contribution in [0.4, 0.5) is 5.82 Å². The van der Waals surface area contributed by atoms with Crippen LogP contribution in [0, 0.1) is 0 Å². The van der Waals surface area contributed by atoms with Crippen LogP contribution in [0.2, 0.25) is 0 Å². The number of aromatic nitrogens is 3. The van der Waals surface area contributed by atoms with Crippen molar-refractivity contribution in [2.45, 2.75) is 12.3 Å². The number of fused-ring (bicyclic) bond motifs is 1. The van der Waals surface area contributed by atoms with Crippen molar-refractivity contribution in [1.82, 2.24) is 14.5 Å². The van der Waals surface area contributed by atoms with Gasteiger partial charge in [-0.05, 0) is 23.8 Å². The van der Waals surface area contributed by atoms with Crippen molar-refractivity contribution < 1.29 is 4.79 Å². The van der Waals surface area contributed by atoms with E-state index in [0.29, 0.717) is 6.42 Å². The molecule has 1 atom stereocenters. The molecule has 0 unspecified atom stereocenters. The number of halogens is 1. The topological polar surface area (TPSA) is 59.8 Å². The fraction of sp³-hybridized carbons (Fsp3) is 0.118. The predicted octanol–water partition coefficient (Wildman–Crippen LogP) is 3.50. The molecule has 1 aliphatic rings. The van der Waals surface area contributed by atoms with Gasteiger partial charge in [-0.15, -0.1) is 0 Å². The molecule has 3 heterocycles. The molecule has 0 saturated heterocycles. The van der Waals surface area contributed by atoms with E-state index in [9.17, 15) is 4.79 Å². The van der Waals surface area contributed by atoms with Gasteiger partial charge in [-0.2, -0.15) is 0 Å². The quantitative estimate of drug-likeness (QED) is 0.752. The normalized spacial score (nSPS) is 16.7. The van der Waals surface area contributed by atoms with Gasteiger partial charge in [0.05, 0.1) is 17.6 Å². The molecular formula is C17H13BrN4O. The van der Waals surface area contributed by atoms with Gasteiger partial charge in [0.2, 0.25) is 5.91 Å². The summed E-state index contributed by atoms with van der Waals surface area (Å²) in [5.74, 6) is 0.645. The third-order valence-electron chi connectivity index (χ3n) is 3.98. The molecule has 114 valence electrons. The molecule has 0 fully saturated rings. The first kappa shape index (κ1) is 14.1. The number of nitrogens with zero attached hydrogens (tertiary/aromatic N) is 3. The second-order valence-corrected chi connectivity index (χ2v) is 6.24. The van der Waals surface area contributed by atoms with E-state index in [1.165, 1.54) is 0 Å². The summed E-state index contributed by atoms with van der Waals surface area (Å²) in [4.78, 5) is 20.9. The van der Waals surface area contributed by atoms with Crippen LogP contribution in [0.15, 0.2) is 59.6 Å². The van der Waals surface area contributed by atoms with Crippen molar-refractivity contribution in [3.05, 3.63) is 70.8 Å². The molecule has 0 aliphatic carbocycles. The van der Waals surface area contributed by atoms with Crippen molar-refractivity contribution >= 4 is 27.7 Å². The van der Waals surface area contributed by atoms with Gasteiger partial charge in [-0.3, -0.25) is 14.3 Å². The number of benzene rings is 1. The number of amides is 1. The molecule has 1 aromatic carbocycles. The number of carbonyl (C=O) groups is 1. The van der Waals surface area contributed by atoms with Crippen LogP contribution in [0.25, 0.3) is 5.69 Å². The SMILES string of the molecule is O=C1C[C@@H](c2ccccc2Br)c2ncn(-c3cccnc3)c2N1. The van der Waals surface area contributed by atoms with Gasteiger partial charge >= 0.3 is 0 Å². The lowest BCUT2D eigenvalue weighted by Crippen LogP contribution is -2.25. The van der Waals surface area contributed by atoms with E-state index < -0.39 is 0 Å². The van der Waals surface area contributed by atoms with Gasteiger partial charge in [0, 0.05) is 23.0 Å². The van der Waals surface area contributed by atoms with Crippen LogP contribution in [0.3, 0.4) is 0 Å². The monoisotopic (exact) mass is 368 g/mol. The number of rotatable bonds is 2. The average Bonchev–Trinajstić information content (AvgIpc) is 2.99. The largest absolute Gasteiger partial charge is 0.310 e. The predicted molar refractivity (Wildman–Crippen MR) is 90.6 cm³/mol.